The third-order valence-electron chi connectivity index (χ3n) is 5.17. The standard InChI is InChI=1S/C27H46O7/c1-3-4-5-6-7-8-15-21-32-25(29)19-13-10-14-20-27(31)34-23-16-22-33-26(30)18-12-9-11-17-24(2)28/h7-8H,3-6,9-23H2,1-2H3/b8-7-. The molecule has 0 aromatic rings. The van der Waals surface area contributed by atoms with E-state index in [2.05, 4.69) is 19.1 Å². The Balaban J connectivity index is 3.45. The monoisotopic (exact) mass is 482 g/mol. The largest absolute Gasteiger partial charge is 0.466 e. The van der Waals surface area contributed by atoms with Crippen LogP contribution in [-0.4, -0.2) is 43.5 Å². The lowest BCUT2D eigenvalue weighted by molar-refractivity contribution is -0.146. The molecule has 0 bridgehead atoms. The Morgan fingerprint density at radius 2 is 1.00 bits per heavy atom. The molecule has 0 N–H and O–H groups in total. The first-order valence-corrected chi connectivity index (χ1v) is 13.1. The molecule has 7 nitrogen and oxygen atoms in total. The molecule has 0 saturated heterocycles. The summed E-state index contributed by atoms with van der Waals surface area (Å²) in [6, 6.07) is 0. The molecule has 0 aliphatic rings. The highest BCUT2D eigenvalue weighted by Gasteiger charge is 2.06. The number of rotatable bonds is 23. The van der Waals surface area contributed by atoms with E-state index in [0.717, 1.165) is 38.5 Å². The Kier molecular flexibility index (Phi) is 22.4. The van der Waals surface area contributed by atoms with Gasteiger partial charge in [0.1, 0.15) is 5.78 Å². The molecule has 0 radical (unpaired) electrons. The number of carbonyl (C=O) groups is 4. The Labute approximate surface area is 206 Å². The minimum atomic E-state index is -0.273. The molecule has 34 heavy (non-hydrogen) atoms. The molecule has 0 spiro atoms. The Bertz CT molecular complexity index is 584. The molecule has 0 amide bonds. The first-order chi connectivity index (χ1) is 16.5. The fourth-order valence-corrected chi connectivity index (χ4v) is 3.17. The summed E-state index contributed by atoms with van der Waals surface area (Å²) in [4.78, 5) is 45.8. The zero-order valence-electron chi connectivity index (χ0n) is 21.4. The van der Waals surface area contributed by atoms with Gasteiger partial charge in [-0.05, 0) is 51.9 Å². The maximum atomic E-state index is 11.7. The first-order valence-electron chi connectivity index (χ1n) is 13.1. The number of ketones is 1. The highest BCUT2D eigenvalue weighted by molar-refractivity contribution is 5.75. The lowest BCUT2D eigenvalue weighted by Gasteiger charge is -2.07. The van der Waals surface area contributed by atoms with E-state index in [1.165, 1.54) is 19.3 Å². The van der Waals surface area contributed by atoms with Gasteiger partial charge in [0, 0.05) is 32.1 Å². The van der Waals surface area contributed by atoms with Gasteiger partial charge in [0.15, 0.2) is 0 Å². The Morgan fingerprint density at radius 1 is 0.529 bits per heavy atom. The summed E-state index contributed by atoms with van der Waals surface area (Å²) in [5.41, 5.74) is 0. The third-order valence-corrected chi connectivity index (χ3v) is 5.17. The highest BCUT2D eigenvalue weighted by Crippen LogP contribution is 2.07. The predicted octanol–water partition coefficient (Wildman–Crippen LogP) is 6.02. The van der Waals surface area contributed by atoms with Gasteiger partial charge in [-0.3, -0.25) is 14.4 Å². The second-order valence-corrected chi connectivity index (χ2v) is 8.59. The van der Waals surface area contributed by atoms with Crippen LogP contribution in [0.1, 0.15) is 117 Å². The molecule has 0 saturated carbocycles. The third kappa shape index (κ3) is 24.5. The summed E-state index contributed by atoms with van der Waals surface area (Å²) in [5, 5.41) is 0. The van der Waals surface area contributed by atoms with Crippen molar-refractivity contribution in [1.82, 2.24) is 0 Å². The molecule has 0 aromatic heterocycles. The smallest absolute Gasteiger partial charge is 0.305 e. The van der Waals surface area contributed by atoms with E-state index >= 15 is 0 Å². The molecule has 196 valence electrons. The number of Topliss-reactive ketones (excluding diaryl/α,β-unsaturated/α-hetero) is 1. The molecule has 0 rings (SSSR count). The molecular formula is C27H46O7. The van der Waals surface area contributed by atoms with Crippen molar-refractivity contribution in [3.05, 3.63) is 12.2 Å². The van der Waals surface area contributed by atoms with Crippen molar-refractivity contribution in [2.75, 3.05) is 19.8 Å². The number of allylic oxidation sites excluding steroid dienone is 1. The van der Waals surface area contributed by atoms with Gasteiger partial charge in [-0.1, -0.05) is 44.8 Å². The van der Waals surface area contributed by atoms with Crippen molar-refractivity contribution in [2.45, 2.75) is 117 Å². The fraction of sp³-hybridized carbons (Fsp3) is 0.778. The van der Waals surface area contributed by atoms with E-state index in [1.54, 1.807) is 6.92 Å². The van der Waals surface area contributed by atoms with Crippen LogP contribution in [0.4, 0.5) is 0 Å². The van der Waals surface area contributed by atoms with E-state index in [-0.39, 0.29) is 36.9 Å². The molecule has 0 aliphatic heterocycles. The van der Waals surface area contributed by atoms with Gasteiger partial charge in [0.05, 0.1) is 19.8 Å². The van der Waals surface area contributed by atoms with E-state index in [0.29, 0.717) is 51.6 Å². The molecule has 0 fully saturated rings. The lowest BCUT2D eigenvalue weighted by Crippen LogP contribution is -2.10. The van der Waals surface area contributed by atoms with Crippen molar-refractivity contribution >= 4 is 23.7 Å². The summed E-state index contributed by atoms with van der Waals surface area (Å²) in [7, 11) is 0. The van der Waals surface area contributed by atoms with Gasteiger partial charge in [0.25, 0.3) is 0 Å². The number of esters is 3. The van der Waals surface area contributed by atoms with Gasteiger partial charge in [-0.15, -0.1) is 0 Å². The van der Waals surface area contributed by atoms with Gasteiger partial charge in [-0.25, -0.2) is 0 Å². The average Bonchev–Trinajstić information content (AvgIpc) is 2.80. The number of hydrogen-bond donors (Lipinski definition) is 0. The van der Waals surface area contributed by atoms with Crippen LogP contribution >= 0.6 is 0 Å². The van der Waals surface area contributed by atoms with E-state index in [4.69, 9.17) is 14.2 Å². The van der Waals surface area contributed by atoms with Crippen molar-refractivity contribution in [1.29, 1.82) is 0 Å². The van der Waals surface area contributed by atoms with Gasteiger partial charge < -0.3 is 19.0 Å². The quantitative estimate of drug-likeness (QED) is 0.0760. The second-order valence-electron chi connectivity index (χ2n) is 8.59. The van der Waals surface area contributed by atoms with Gasteiger partial charge >= 0.3 is 17.9 Å². The van der Waals surface area contributed by atoms with Crippen molar-refractivity contribution in [2.24, 2.45) is 0 Å². The first kappa shape index (κ1) is 31.8. The van der Waals surface area contributed by atoms with E-state index in [1.807, 2.05) is 0 Å². The maximum Gasteiger partial charge on any atom is 0.305 e. The van der Waals surface area contributed by atoms with Crippen molar-refractivity contribution in [3.8, 4) is 0 Å². The summed E-state index contributed by atoms with van der Waals surface area (Å²) < 4.78 is 15.4. The van der Waals surface area contributed by atoms with Crippen LogP contribution in [0.5, 0.6) is 0 Å². The Hall–Kier alpha value is -2.18. The summed E-state index contributed by atoms with van der Waals surface area (Å²) in [6.45, 7) is 4.63. The number of ether oxygens (including phenoxy) is 3. The van der Waals surface area contributed by atoms with Gasteiger partial charge in [0.2, 0.25) is 0 Å². The highest BCUT2D eigenvalue weighted by atomic mass is 16.5. The second kappa shape index (κ2) is 24.0. The van der Waals surface area contributed by atoms with Crippen LogP contribution in [0.2, 0.25) is 0 Å². The van der Waals surface area contributed by atoms with Crippen LogP contribution in [0.3, 0.4) is 0 Å². The summed E-state index contributed by atoms with van der Waals surface area (Å²) in [6.07, 6.45) is 16.3. The normalized spacial score (nSPS) is 10.9. The maximum absolute atomic E-state index is 11.7. The number of hydrogen-bond acceptors (Lipinski definition) is 7. The summed E-state index contributed by atoms with van der Waals surface area (Å²) >= 11 is 0. The van der Waals surface area contributed by atoms with Crippen LogP contribution in [-0.2, 0) is 33.4 Å². The number of carbonyl (C=O) groups excluding carboxylic acids is 4. The van der Waals surface area contributed by atoms with Crippen LogP contribution in [0, 0.1) is 0 Å². The van der Waals surface area contributed by atoms with Crippen molar-refractivity contribution < 1.29 is 33.4 Å². The molecule has 0 aliphatic carbocycles. The topological polar surface area (TPSA) is 96.0 Å². The fourth-order valence-electron chi connectivity index (χ4n) is 3.17. The minimum Gasteiger partial charge on any atom is -0.466 e. The molecule has 7 heteroatoms. The number of unbranched alkanes of at least 4 members (excludes halogenated alkanes) is 7. The van der Waals surface area contributed by atoms with Gasteiger partial charge in [-0.2, -0.15) is 0 Å². The zero-order valence-corrected chi connectivity index (χ0v) is 21.4. The lowest BCUT2D eigenvalue weighted by atomic mass is 10.1. The molecule has 0 atom stereocenters. The van der Waals surface area contributed by atoms with E-state index in [9.17, 15) is 19.2 Å². The molecular weight excluding hydrogens is 436 g/mol. The molecule has 0 heterocycles. The SMILES string of the molecule is CCCCC/C=C\CCOC(=O)CCCCCC(=O)OCCCOC(=O)CCCCCC(C)=O. The van der Waals surface area contributed by atoms with Crippen molar-refractivity contribution in [3.63, 3.8) is 0 Å². The minimum absolute atomic E-state index is 0.171. The molecule has 0 unspecified atom stereocenters. The van der Waals surface area contributed by atoms with Crippen LogP contribution < -0.4 is 0 Å². The zero-order chi connectivity index (χ0) is 25.3. The molecule has 0 aromatic carbocycles. The van der Waals surface area contributed by atoms with Crippen LogP contribution in [0.15, 0.2) is 12.2 Å². The van der Waals surface area contributed by atoms with E-state index < -0.39 is 0 Å². The average molecular weight is 483 g/mol. The predicted molar refractivity (Wildman–Crippen MR) is 132 cm³/mol. The van der Waals surface area contributed by atoms with Crippen LogP contribution in [0.25, 0.3) is 0 Å². The Morgan fingerprint density at radius 3 is 1.50 bits per heavy atom. The summed E-state index contributed by atoms with van der Waals surface area (Å²) in [5.74, 6) is -0.548.